The summed E-state index contributed by atoms with van der Waals surface area (Å²) in [6, 6.07) is 10.2. The Kier molecular flexibility index (Phi) is 6.72. The van der Waals surface area contributed by atoms with E-state index in [1.165, 1.54) is 0 Å². The number of benzene rings is 1. The van der Waals surface area contributed by atoms with E-state index in [9.17, 15) is 4.79 Å². The molecule has 3 aromatic rings. The van der Waals surface area contributed by atoms with Crippen LogP contribution in [0.4, 0.5) is 5.82 Å². The van der Waals surface area contributed by atoms with Gasteiger partial charge in [-0.05, 0) is 37.8 Å². The van der Waals surface area contributed by atoms with E-state index in [1.807, 2.05) is 34.7 Å². The fraction of sp³-hybridized carbons (Fsp3) is 0.520. The fourth-order valence-electron chi connectivity index (χ4n) is 4.39. The number of nitrogens with zero attached hydrogens (tertiary/aromatic N) is 6. The predicted octanol–water partition coefficient (Wildman–Crippen LogP) is 4.16. The Hall–Kier alpha value is -2.96. The summed E-state index contributed by atoms with van der Waals surface area (Å²) in [4.78, 5) is 26.8. The zero-order chi connectivity index (χ0) is 22.7. The van der Waals surface area contributed by atoms with Crippen LogP contribution in [0.5, 0.6) is 0 Å². The van der Waals surface area contributed by atoms with Crippen molar-refractivity contribution in [1.29, 1.82) is 0 Å². The summed E-state index contributed by atoms with van der Waals surface area (Å²) < 4.78 is 1.94. The molecule has 0 aliphatic carbocycles. The van der Waals surface area contributed by atoms with Crippen LogP contribution in [0, 0.1) is 12.8 Å². The number of para-hydroxylation sites is 1. The van der Waals surface area contributed by atoms with Crippen LogP contribution in [0.15, 0.2) is 30.3 Å². The Balaban J connectivity index is 1.76. The molecule has 0 spiro atoms. The molecule has 3 heterocycles. The quantitative estimate of drug-likeness (QED) is 0.583. The first-order valence-corrected chi connectivity index (χ1v) is 11.8. The normalized spacial score (nSPS) is 14.9. The highest BCUT2D eigenvalue weighted by atomic mass is 16.2. The molecule has 0 N–H and O–H groups in total. The van der Waals surface area contributed by atoms with Crippen LogP contribution in [0.2, 0.25) is 0 Å². The van der Waals surface area contributed by atoms with Crippen molar-refractivity contribution in [2.75, 3.05) is 31.1 Å². The largest absolute Gasteiger partial charge is 0.354 e. The maximum atomic E-state index is 12.5. The van der Waals surface area contributed by atoms with Gasteiger partial charge < -0.3 is 9.80 Å². The molecule has 1 fully saturated rings. The monoisotopic (exact) mass is 434 g/mol. The second-order valence-electron chi connectivity index (χ2n) is 9.06. The lowest BCUT2D eigenvalue weighted by atomic mass is 10.1. The minimum atomic E-state index is 0.260. The third-order valence-electron chi connectivity index (χ3n) is 5.93. The topological polar surface area (TPSA) is 67.2 Å². The highest BCUT2D eigenvalue weighted by Crippen LogP contribution is 2.30. The number of carbonyl (C=O) groups excluding carboxylic acids is 1. The highest BCUT2D eigenvalue weighted by molar-refractivity contribution is 5.91. The number of fused-ring (bicyclic) bond motifs is 1. The van der Waals surface area contributed by atoms with Crippen molar-refractivity contribution in [2.45, 2.75) is 53.4 Å². The molecule has 0 unspecified atom stereocenters. The highest BCUT2D eigenvalue weighted by Gasteiger charge is 2.25. The third-order valence-corrected chi connectivity index (χ3v) is 5.93. The number of aromatic nitrogens is 4. The Labute approximate surface area is 190 Å². The molecule has 1 aliphatic rings. The van der Waals surface area contributed by atoms with Gasteiger partial charge in [0, 0.05) is 39.0 Å². The van der Waals surface area contributed by atoms with Crippen LogP contribution in [0.25, 0.3) is 16.7 Å². The molecular weight excluding hydrogens is 400 g/mol. The summed E-state index contributed by atoms with van der Waals surface area (Å²) in [5.74, 6) is 2.52. The molecule has 7 nitrogen and oxygen atoms in total. The lowest BCUT2D eigenvalue weighted by molar-refractivity contribution is -0.131. The Morgan fingerprint density at radius 2 is 1.84 bits per heavy atom. The standard InChI is InChI=1S/C25H34N6O/c1-5-10-22(32)29-13-9-14-30(16-15-29)24-23-19(4)28-31(20-11-7-6-8-12-20)25(23)27-21(26-24)17-18(2)3/h6-8,11-12,18H,5,9-10,13-17H2,1-4H3. The van der Waals surface area contributed by atoms with Crippen LogP contribution < -0.4 is 4.90 Å². The maximum absolute atomic E-state index is 12.5. The zero-order valence-corrected chi connectivity index (χ0v) is 19.7. The predicted molar refractivity (Wildman–Crippen MR) is 128 cm³/mol. The number of hydrogen-bond acceptors (Lipinski definition) is 5. The second-order valence-corrected chi connectivity index (χ2v) is 9.06. The lowest BCUT2D eigenvalue weighted by Crippen LogP contribution is -2.35. The lowest BCUT2D eigenvalue weighted by Gasteiger charge is -2.24. The molecule has 1 aliphatic heterocycles. The van der Waals surface area contributed by atoms with Crippen molar-refractivity contribution in [1.82, 2.24) is 24.6 Å². The van der Waals surface area contributed by atoms with Gasteiger partial charge >= 0.3 is 0 Å². The van der Waals surface area contributed by atoms with E-state index in [0.29, 0.717) is 12.3 Å². The van der Waals surface area contributed by atoms with Gasteiger partial charge in [0.1, 0.15) is 11.6 Å². The van der Waals surface area contributed by atoms with E-state index in [-0.39, 0.29) is 5.91 Å². The smallest absolute Gasteiger partial charge is 0.222 e. The minimum absolute atomic E-state index is 0.260. The first-order valence-electron chi connectivity index (χ1n) is 11.8. The molecule has 1 saturated heterocycles. The van der Waals surface area contributed by atoms with Gasteiger partial charge in [-0.1, -0.05) is 39.0 Å². The summed E-state index contributed by atoms with van der Waals surface area (Å²) in [6.45, 7) is 11.7. The van der Waals surface area contributed by atoms with E-state index in [4.69, 9.17) is 15.1 Å². The molecule has 0 radical (unpaired) electrons. The van der Waals surface area contributed by atoms with Crippen molar-refractivity contribution in [3.63, 3.8) is 0 Å². The average Bonchev–Trinajstić information content (AvgIpc) is 2.95. The molecule has 7 heteroatoms. The average molecular weight is 435 g/mol. The fourth-order valence-corrected chi connectivity index (χ4v) is 4.39. The van der Waals surface area contributed by atoms with E-state index in [1.54, 1.807) is 0 Å². The summed E-state index contributed by atoms with van der Waals surface area (Å²) in [5, 5.41) is 5.86. The van der Waals surface area contributed by atoms with Crippen LogP contribution in [0.3, 0.4) is 0 Å². The number of anilines is 1. The van der Waals surface area contributed by atoms with Crippen LogP contribution >= 0.6 is 0 Å². The van der Waals surface area contributed by atoms with Gasteiger partial charge in [0.2, 0.25) is 5.91 Å². The Morgan fingerprint density at radius 1 is 1.06 bits per heavy atom. The van der Waals surface area contributed by atoms with E-state index in [0.717, 1.165) is 79.5 Å². The molecule has 32 heavy (non-hydrogen) atoms. The van der Waals surface area contributed by atoms with Crippen molar-refractivity contribution >= 4 is 22.8 Å². The van der Waals surface area contributed by atoms with Crippen molar-refractivity contribution in [2.24, 2.45) is 5.92 Å². The first-order chi connectivity index (χ1) is 15.5. The molecule has 1 aromatic carbocycles. The van der Waals surface area contributed by atoms with E-state index in [2.05, 4.69) is 37.8 Å². The van der Waals surface area contributed by atoms with Crippen LogP contribution in [-0.4, -0.2) is 56.7 Å². The number of amides is 1. The van der Waals surface area contributed by atoms with E-state index < -0.39 is 0 Å². The summed E-state index contributed by atoms with van der Waals surface area (Å²) >= 11 is 0. The summed E-state index contributed by atoms with van der Waals surface area (Å²) in [6.07, 6.45) is 3.27. The first kappa shape index (κ1) is 22.2. The Morgan fingerprint density at radius 3 is 2.56 bits per heavy atom. The van der Waals surface area contributed by atoms with Gasteiger partial charge in [0.15, 0.2) is 5.65 Å². The molecular formula is C25H34N6O. The van der Waals surface area contributed by atoms with Gasteiger partial charge in [-0.3, -0.25) is 4.79 Å². The molecule has 170 valence electrons. The molecule has 2 aromatic heterocycles. The van der Waals surface area contributed by atoms with Gasteiger partial charge in [0.05, 0.1) is 16.8 Å². The Bertz CT molecular complexity index is 1070. The molecule has 0 bridgehead atoms. The molecule has 4 rings (SSSR count). The van der Waals surface area contributed by atoms with Crippen LogP contribution in [0.1, 0.15) is 51.6 Å². The third kappa shape index (κ3) is 4.61. The maximum Gasteiger partial charge on any atom is 0.222 e. The van der Waals surface area contributed by atoms with Crippen molar-refractivity contribution in [3.8, 4) is 5.69 Å². The van der Waals surface area contributed by atoms with Gasteiger partial charge in [-0.2, -0.15) is 5.10 Å². The van der Waals surface area contributed by atoms with Crippen molar-refractivity contribution < 1.29 is 4.79 Å². The SMILES string of the molecule is CCCC(=O)N1CCCN(c2nc(CC(C)C)nc3c2c(C)nn3-c2ccccc2)CC1. The van der Waals surface area contributed by atoms with E-state index >= 15 is 0 Å². The zero-order valence-electron chi connectivity index (χ0n) is 19.7. The van der Waals surface area contributed by atoms with Gasteiger partial charge in [-0.15, -0.1) is 0 Å². The summed E-state index contributed by atoms with van der Waals surface area (Å²) in [7, 11) is 0. The van der Waals surface area contributed by atoms with Gasteiger partial charge in [-0.25, -0.2) is 14.6 Å². The van der Waals surface area contributed by atoms with Crippen molar-refractivity contribution in [3.05, 3.63) is 41.9 Å². The molecule has 1 amide bonds. The number of rotatable bonds is 6. The van der Waals surface area contributed by atoms with Gasteiger partial charge in [0.25, 0.3) is 0 Å². The number of aryl methyl sites for hydroxylation is 1. The second kappa shape index (κ2) is 9.67. The summed E-state index contributed by atoms with van der Waals surface area (Å²) in [5.41, 5.74) is 2.79. The number of carbonyl (C=O) groups is 1. The molecule has 0 saturated carbocycles. The minimum Gasteiger partial charge on any atom is -0.354 e. The van der Waals surface area contributed by atoms with Crippen LogP contribution in [-0.2, 0) is 11.2 Å². The number of hydrogen-bond donors (Lipinski definition) is 0. The molecule has 0 atom stereocenters.